The molecule has 2 saturated carbocycles. The van der Waals surface area contributed by atoms with Gasteiger partial charge in [-0.2, -0.15) is 0 Å². The van der Waals surface area contributed by atoms with Gasteiger partial charge in [0.2, 0.25) is 0 Å². The molecule has 0 aromatic heterocycles. The molecule has 0 radical (unpaired) electrons. The van der Waals surface area contributed by atoms with E-state index in [1.165, 1.54) is 25.7 Å². The second-order valence-electron chi connectivity index (χ2n) is 4.89. The van der Waals surface area contributed by atoms with E-state index in [1.54, 1.807) is 25.7 Å². The lowest BCUT2D eigenvalue weighted by molar-refractivity contribution is 0.162. The zero-order chi connectivity index (χ0) is 11.7. The Labute approximate surface area is 97.8 Å². The van der Waals surface area contributed by atoms with Crippen molar-refractivity contribution in [2.24, 2.45) is 11.3 Å². The van der Waals surface area contributed by atoms with Crippen molar-refractivity contribution < 1.29 is 0 Å². The van der Waals surface area contributed by atoms with Gasteiger partial charge in [-0.15, -0.1) is 0 Å². The summed E-state index contributed by atoms with van der Waals surface area (Å²) in [6.07, 6.45) is 12.3. The van der Waals surface area contributed by atoms with Crippen LogP contribution >= 0.6 is 0 Å². The average molecular weight is 212 g/mol. The van der Waals surface area contributed by atoms with Crippen LogP contribution < -0.4 is 0 Å². The molecule has 2 fully saturated rings. The Morgan fingerprint density at radius 3 is 1.53 bits per heavy atom. The van der Waals surface area contributed by atoms with Gasteiger partial charge in [-0.25, -0.2) is 0 Å². The van der Waals surface area contributed by atoms with Crippen molar-refractivity contribution in [3.8, 4) is 0 Å². The Morgan fingerprint density at radius 2 is 1.13 bits per heavy atom. The van der Waals surface area contributed by atoms with E-state index in [9.17, 15) is 0 Å². The van der Waals surface area contributed by atoms with Gasteiger partial charge in [0.05, 0.1) is 0 Å². The SMILES string of the molecule is CC.CC.CC1CCC2(CCCC2)CC1. The molecule has 0 aromatic rings. The van der Waals surface area contributed by atoms with Crippen molar-refractivity contribution >= 4 is 0 Å². The lowest BCUT2D eigenvalue weighted by Crippen LogP contribution is -2.23. The number of hydrogen-bond donors (Lipinski definition) is 0. The minimum Gasteiger partial charge on any atom is -0.0683 e. The minimum absolute atomic E-state index is 0.854. The molecule has 0 unspecified atom stereocenters. The maximum atomic E-state index is 2.42. The molecule has 0 nitrogen and oxygen atoms in total. The summed E-state index contributed by atoms with van der Waals surface area (Å²) in [6.45, 7) is 10.4. The molecule has 0 saturated heterocycles. The molecule has 15 heavy (non-hydrogen) atoms. The molecule has 2 aliphatic carbocycles. The lowest BCUT2D eigenvalue weighted by atomic mass is 9.70. The van der Waals surface area contributed by atoms with Crippen molar-refractivity contribution in [1.29, 1.82) is 0 Å². The van der Waals surface area contributed by atoms with Crippen LogP contribution in [0.4, 0.5) is 0 Å². The van der Waals surface area contributed by atoms with Gasteiger partial charge in [0.1, 0.15) is 0 Å². The van der Waals surface area contributed by atoms with E-state index in [4.69, 9.17) is 0 Å². The highest BCUT2D eigenvalue weighted by Gasteiger charge is 2.36. The van der Waals surface area contributed by atoms with E-state index in [-0.39, 0.29) is 0 Å². The monoisotopic (exact) mass is 212 g/mol. The van der Waals surface area contributed by atoms with Gasteiger partial charge in [-0.1, -0.05) is 60.3 Å². The molecule has 0 amide bonds. The topological polar surface area (TPSA) is 0 Å². The fourth-order valence-electron chi connectivity index (χ4n) is 3.00. The largest absolute Gasteiger partial charge is 0.0683 e. The molecular formula is C15H32. The lowest BCUT2D eigenvalue weighted by Gasteiger charge is -2.36. The number of rotatable bonds is 0. The molecule has 0 bridgehead atoms. The van der Waals surface area contributed by atoms with Gasteiger partial charge >= 0.3 is 0 Å². The van der Waals surface area contributed by atoms with Crippen LogP contribution in [0.25, 0.3) is 0 Å². The molecule has 0 heteroatoms. The summed E-state index contributed by atoms with van der Waals surface area (Å²) >= 11 is 0. The van der Waals surface area contributed by atoms with Gasteiger partial charge in [0.15, 0.2) is 0 Å². The van der Waals surface area contributed by atoms with E-state index in [1.807, 2.05) is 27.7 Å². The van der Waals surface area contributed by atoms with E-state index in [2.05, 4.69) is 6.92 Å². The van der Waals surface area contributed by atoms with Gasteiger partial charge in [0.25, 0.3) is 0 Å². The third-order valence-corrected chi connectivity index (χ3v) is 4.00. The summed E-state index contributed by atoms with van der Waals surface area (Å²) < 4.78 is 0. The highest BCUT2D eigenvalue weighted by Crippen LogP contribution is 2.49. The van der Waals surface area contributed by atoms with Crippen molar-refractivity contribution in [3.05, 3.63) is 0 Å². The highest BCUT2D eigenvalue weighted by atomic mass is 14.4. The highest BCUT2D eigenvalue weighted by molar-refractivity contribution is 4.88. The minimum atomic E-state index is 0.854. The maximum absolute atomic E-state index is 2.42. The Hall–Kier alpha value is 0. The first kappa shape index (κ1) is 15.0. The zero-order valence-electron chi connectivity index (χ0n) is 11.7. The standard InChI is InChI=1S/C11H20.2C2H6/c1-10-4-8-11(9-5-10)6-2-3-7-11;2*1-2/h10H,2-9H2,1H3;2*1-2H3. The molecule has 0 aromatic carbocycles. The molecule has 0 aliphatic heterocycles. The molecule has 92 valence electrons. The maximum Gasteiger partial charge on any atom is -0.0297 e. The molecule has 0 N–H and O–H groups in total. The van der Waals surface area contributed by atoms with E-state index < -0.39 is 0 Å². The quantitative estimate of drug-likeness (QED) is 0.475. The zero-order valence-corrected chi connectivity index (χ0v) is 11.7. The molecule has 0 atom stereocenters. The Balaban J connectivity index is 0.000000442. The first-order chi connectivity index (χ1) is 7.31. The summed E-state index contributed by atoms with van der Waals surface area (Å²) in [7, 11) is 0. The molecule has 1 spiro atoms. The van der Waals surface area contributed by atoms with Gasteiger partial charge in [-0.05, 0) is 37.0 Å². The van der Waals surface area contributed by atoms with E-state index >= 15 is 0 Å². The molecule has 0 heterocycles. The van der Waals surface area contributed by atoms with E-state index in [0.717, 1.165) is 11.3 Å². The summed E-state index contributed by atoms with van der Waals surface area (Å²) in [6, 6.07) is 0. The second kappa shape index (κ2) is 8.19. The Kier molecular flexibility index (Phi) is 8.19. The van der Waals surface area contributed by atoms with Crippen LogP contribution in [0.15, 0.2) is 0 Å². The van der Waals surface area contributed by atoms with Crippen molar-refractivity contribution in [2.45, 2.75) is 86.0 Å². The fraction of sp³-hybridized carbons (Fsp3) is 1.00. The third-order valence-electron chi connectivity index (χ3n) is 4.00. The summed E-state index contributed by atoms with van der Waals surface area (Å²) in [5.41, 5.74) is 0.854. The Morgan fingerprint density at radius 1 is 0.733 bits per heavy atom. The van der Waals surface area contributed by atoms with Crippen LogP contribution in [-0.4, -0.2) is 0 Å². The van der Waals surface area contributed by atoms with E-state index in [0.29, 0.717) is 0 Å². The van der Waals surface area contributed by atoms with Crippen LogP contribution in [0.1, 0.15) is 86.0 Å². The smallest absolute Gasteiger partial charge is 0.0297 e. The average Bonchev–Trinajstić information content (AvgIpc) is 2.77. The predicted molar refractivity (Wildman–Crippen MR) is 71.2 cm³/mol. The van der Waals surface area contributed by atoms with Gasteiger partial charge in [-0.3, -0.25) is 0 Å². The normalized spacial score (nSPS) is 23.8. The summed E-state index contributed by atoms with van der Waals surface area (Å²) in [5, 5.41) is 0. The van der Waals surface area contributed by atoms with Crippen LogP contribution in [-0.2, 0) is 0 Å². The van der Waals surface area contributed by atoms with Crippen molar-refractivity contribution in [1.82, 2.24) is 0 Å². The van der Waals surface area contributed by atoms with Gasteiger partial charge in [0, 0.05) is 0 Å². The molecule has 2 aliphatic rings. The Bertz CT molecular complexity index is 121. The second-order valence-corrected chi connectivity index (χ2v) is 4.89. The predicted octanol–water partition coefficient (Wildman–Crippen LogP) is 5.81. The summed E-state index contributed by atoms with van der Waals surface area (Å²) in [4.78, 5) is 0. The van der Waals surface area contributed by atoms with Crippen molar-refractivity contribution in [2.75, 3.05) is 0 Å². The van der Waals surface area contributed by atoms with Crippen molar-refractivity contribution in [3.63, 3.8) is 0 Å². The fourth-order valence-corrected chi connectivity index (χ4v) is 3.00. The van der Waals surface area contributed by atoms with Crippen LogP contribution in [0.5, 0.6) is 0 Å². The molecular weight excluding hydrogens is 180 g/mol. The van der Waals surface area contributed by atoms with Crippen LogP contribution in [0.3, 0.4) is 0 Å². The summed E-state index contributed by atoms with van der Waals surface area (Å²) in [5.74, 6) is 1.03. The third kappa shape index (κ3) is 4.57. The first-order valence-corrected chi connectivity index (χ1v) is 7.31. The first-order valence-electron chi connectivity index (χ1n) is 7.31. The number of hydrogen-bond acceptors (Lipinski definition) is 0. The molecule has 2 rings (SSSR count). The van der Waals surface area contributed by atoms with Crippen LogP contribution in [0.2, 0.25) is 0 Å². The van der Waals surface area contributed by atoms with Crippen LogP contribution in [0, 0.1) is 11.3 Å². The van der Waals surface area contributed by atoms with Gasteiger partial charge < -0.3 is 0 Å².